The van der Waals surface area contributed by atoms with Gasteiger partial charge in [-0.15, -0.1) is 11.3 Å². The SMILES string of the molecule is COC(=O)Cc1csc(NCC(C(C)C)C(C)C)n1. The van der Waals surface area contributed by atoms with E-state index in [9.17, 15) is 4.79 Å². The van der Waals surface area contributed by atoms with Crippen molar-refractivity contribution in [1.29, 1.82) is 0 Å². The topological polar surface area (TPSA) is 51.2 Å². The molecular formula is C14H24N2O2S. The number of hydrogen-bond donors (Lipinski definition) is 1. The van der Waals surface area contributed by atoms with Gasteiger partial charge in [0, 0.05) is 11.9 Å². The van der Waals surface area contributed by atoms with Crippen molar-refractivity contribution in [1.82, 2.24) is 4.98 Å². The second-order valence-corrected chi connectivity index (χ2v) is 6.29. The van der Waals surface area contributed by atoms with E-state index < -0.39 is 0 Å². The highest BCUT2D eigenvalue weighted by molar-refractivity contribution is 7.13. The summed E-state index contributed by atoms with van der Waals surface area (Å²) in [7, 11) is 1.39. The first-order chi connectivity index (χ1) is 8.93. The van der Waals surface area contributed by atoms with Crippen molar-refractivity contribution in [2.24, 2.45) is 17.8 Å². The maximum atomic E-state index is 11.2. The molecule has 1 heterocycles. The van der Waals surface area contributed by atoms with Gasteiger partial charge in [-0.3, -0.25) is 4.79 Å². The van der Waals surface area contributed by atoms with Gasteiger partial charge in [0.25, 0.3) is 0 Å². The Kier molecular flexibility index (Phi) is 6.28. The minimum Gasteiger partial charge on any atom is -0.469 e. The molecule has 0 fully saturated rings. The lowest BCUT2D eigenvalue weighted by molar-refractivity contribution is -0.139. The fraction of sp³-hybridized carbons (Fsp3) is 0.714. The van der Waals surface area contributed by atoms with Crippen LogP contribution in [0.15, 0.2) is 5.38 Å². The summed E-state index contributed by atoms with van der Waals surface area (Å²) in [5.41, 5.74) is 0.769. The molecule has 0 aliphatic rings. The highest BCUT2D eigenvalue weighted by atomic mass is 32.1. The van der Waals surface area contributed by atoms with Gasteiger partial charge in [0.1, 0.15) is 0 Å². The Bertz CT molecular complexity index is 394. The summed E-state index contributed by atoms with van der Waals surface area (Å²) in [5.74, 6) is 1.65. The van der Waals surface area contributed by atoms with Crippen LogP contribution in [0.2, 0.25) is 0 Å². The molecule has 5 heteroatoms. The molecule has 1 rings (SSSR count). The van der Waals surface area contributed by atoms with Gasteiger partial charge in [0.15, 0.2) is 5.13 Å². The van der Waals surface area contributed by atoms with Crippen LogP contribution in [0.25, 0.3) is 0 Å². The predicted octanol–water partition coefficient (Wildman–Crippen LogP) is 3.20. The zero-order chi connectivity index (χ0) is 14.4. The van der Waals surface area contributed by atoms with Crippen LogP contribution in [0.3, 0.4) is 0 Å². The fourth-order valence-corrected chi connectivity index (χ4v) is 2.86. The van der Waals surface area contributed by atoms with Gasteiger partial charge < -0.3 is 10.1 Å². The van der Waals surface area contributed by atoms with Crippen LogP contribution in [0, 0.1) is 17.8 Å². The van der Waals surface area contributed by atoms with Gasteiger partial charge in [0.2, 0.25) is 0 Å². The number of rotatable bonds is 7. The summed E-state index contributed by atoms with van der Waals surface area (Å²) >= 11 is 1.54. The standard InChI is InChI=1S/C14H24N2O2S/c1-9(2)12(10(3)4)7-15-14-16-11(8-19-14)6-13(17)18-5/h8-10,12H,6-7H2,1-5H3,(H,15,16). The molecule has 0 atom stereocenters. The molecule has 0 radical (unpaired) electrons. The highest BCUT2D eigenvalue weighted by Crippen LogP contribution is 2.22. The Morgan fingerprint density at radius 3 is 2.53 bits per heavy atom. The van der Waals surface area contributed by atoms with Crippen molar-refractivity contribution < 1.29 is 9.53 Å². The highest BCUT2D eigenvalue weighted by Gasteiger charge is 2.17. The van der Waals surface area contributed by atoms with E-state index in [1.54, 1.807) is 0 Å². The Balaban J connectivity index is 2.51. The molecule has 0 amide bonds. The monoisotopic (exact) mass is 284 g/mol. The molecule has 0 unspecified atom stereocenters. The van der Waals surface area contributed by atoms with Gasteiger partial charge >= 0.3 is 5.97 Å². The first-order valence-electron chi connectivity index (χ1n) is 6.69. The lowest BCUT2D eigenvalue weighted by atomic mass is 9.86. The molecule has 1 aromatic rings. The van der Waals surface area contributed by atoms with E-state index in [1.807, 2.05) is 5.38 Å². The van der Waals surface area contributed by atoms with Crippen molar-refractivity contribution in [2.75, 3.05) is 19.0 Å². The van der Waals surface area contributed by atoms with E-state index in [4.69, 9.17) is 0 Å². The Morgan fingerprint density at radius 1 is 1.37 bits per heavy atom. The largest absolute Gasteiger partial charge is 0.469 e. The first-order valence-corrected chi connectivity index (χ1v) is 7.57. The predicted molar refractivity (Wildman–Crippen MR) is 79.5 cm³/mol. The minimum atomic E-state index is -0.251. The van der Waals surface area contributed by atoms with Crippen LogP contribution in [0.4, 0.5) is 5.13 Å². The van der Waals surface area contributed by atoms with E-state index in [0.29, 0.717) is 17.8 Å². The number of carbonyl (C=O) groups is 1. The fourth-order valence-electron chi connectivity index (χ4n) is 2.14. The molecule has 1 aromatic heterocycles. The van der Waals surface area contributed by atoms with E-state index >= 15 is 0 Å². The van der Waals surface area contributed by atoms with Crippen LogP contribution < -0.4 is 5.32 Å². The smallest absolute Gasteiger partial charge is 0.311 e. The van der Waals surface area contributed by atoms with E-state index in [1.165, 1.54) is 18.4 Å². The molecule has 19 heavy (non-hydrogen) atoms. The number of ether oxygens (including phenoxy) is 1. The van der Waals surface area contributed by atoms with Gasteiger partial charge in [-0.2, -0.15) is 0 Å². The molecule has 0 aliphatic heterocycles. The van der Waals surface area contributed by atoms with Crippen LogP contribution in [0.1, 0.15) is 33.4 Å². The number of esters is 1. The van der Waals surface area contributed by atoms with Crippen LogP contribution >= 0.6 is 11.3 Å². The number of nitrogens with one attached hydrogen (secondary N) is 1. The van der Waals surface area contributed by atoms with Crippen molar-refractivity contribution in [3.05, 3.63) is 11.1 Å². The average molecular weight is 284 g/mol. The van der Waals surface area contributed by atoms with Gasteiger partial charge in [0.05, 0.1) is 19.2 Å². The summed E-state index contributed by atoms with van der Waals surface area (Å²) in [4.78, 5) is 15.6. The number of nitrogens with zero attached hydrogens (tertiary/aromatic N) is 1. The molecule has 108 valence electrons. The Hall–Kier alpha value is -1.10. The Labute approximate surface area is 119 Å². The third-order valence-electron chi connectivity index (χ3n) is 3.31. The molecule has 0 bridgehead atoms. The van der Waals surface area contributed by atoms with Crippen molar-refractivity contribution >= 4 is 22.4 Å². The third kappa shape index (κ3) is 5.19. The number of hydrogen-bond acceptors (Lipinski definition) is 5. The number of methoxy groups -OCH3 is 1. The van der Waals surface area contributed by atoms with Crippen LogP contribution in [0.5, 0.6) is 0 Å². The van der Waals surface area contributed by atoms with Crippen molar-refractivity contribution in [3.63, 3.8) is 0 Å². The van der Waals surface area contributed by atoms with Gasteiger partial charge in [-0.1, -0.05) is 27.7 Å². The maximum Gasteiger partial charge on any atom is 0.311 e. The van der Waals surface area contributed by atoms with E-state index in [-0.39, 0.29) is 12.4 Å². The number of anilines is 1. The minimum absolute atomic E-state index is 0.243. The molecule has 0 saturated carbocycles. The second-order valence-electron chi connectivity index (χ2n) is 5.43. The zero-order valence-corrected chi connectivity index (χ0v) is 13.2. The lowest BCUT2D eigenvalue weighted by Crippen LogP contribution is -2.24. The molecule has 0 aliphatic carbocycles. The molecular weight excluding hydrogens is 260 g/mol. The molecule has 1 N–H and O–H groups in total. The third-order valence-corrected chi connectivity index (χ3v) is 4.16. The number of carbonyl (C=O) groups excluding carboxylic acids is 1. The number of aromatic nitrogens is 1. The van der Waals surface area contributed by atoms with Gasteiger partial charge in [-0.05, 0) is 17.8 Å². The number of thiazole rings is 1. The summed E-state index contributed by atoms with van der Waals surface area (Å²) in [6.45, 7) is 9.90. The Morgan fingerprint density at radius 2 is 2.00 bits per heavy atom. The zero-order valence-electron chi connectivity index (χ0n) is 12.4. The first kappa shape index (κ1) is 16.0. The molecule has 4 nitrogen and oxygen atoms in total. The maximum absolute atomic E-state index is 11.2. The quantitative estimate of drug-likeness (QED) is 0.781. The average Bonchev–Trinajstić information content (AvgIpc) is 2.76. The molecule has 0 saturated heterocycles. The second kappa shape index (κ2) is 7.48. The lowest BCUT2D eigenvalue weighted by Gasteiger charge is -2.24. The summed E-state index contributed by atoms with van der Waals surface area (Å²) in [6, 6.07) is 0. The normalized spacial score (nSPS) is 11.4. The molecule has 0 spiro atoms. The summed E-state index contributed by atoms with van der Waals surface area (Å²) in [6.07, 6.45) is 0.243. The summed E-state index contributed by atoms with van der Waals surface area (Å²) in [5, 5.41) is 6.16. The van der Waals surface area contributed by atoms with Crippen LogP contribution in [-0.4, -0.2) is 24.6 Å². The summed E-state index contributed by atoms with van der Waals surface area (Å²) < 4.78 is 4.63. The van der Waals surface area contributed by atoms with E-state index in [0.717, 1.165) is 17.4 Å². The molecule has 0 aromatic carbocycles. The van der Waals surface area contributed by atoms with Crippen molar-refractivity contribution in [2.45, 2.75) is 34.1 Å². The van der Waals surface area contributed by atoms with Crippen molar-refractivity contribution in [3.8, 4) is 0 Å². The van der Waals surface area contributed by atoms with Gasteiger partial charge in [-0.25, -0.2) is 4.98 Å². The van der Waals surface area contributed by atoms with E-state index in [2.05, 4.69) is 42.7 Å². The van der Waals surface area contributed by atoms with Crippen LogP contribution in [-0.2, 0) is 16.0 Å².